The number of hydrogen-bond acceptors (Lipinski definition) is 4. The van der Waals surface area contributed by atoms with Crippen LogP contribution in [0.25, 0.3) is 0 Å². The smallest absolute Gasteiger partial charge is 0.248 e. The third-order valence-corrected chi connectivity index (χ3v) is 6.42. The summed E-state index contributed by atoms with van der Waals surface area (Å²) in [6.07, 6.45) is 0. The van der Waals surface area contributed by atoms with Crippen molar-refractivity contribution in [3.8, 4) is 0 Å². The number of nitrogens with zero attached hydrogens (tertiary/aromatic N) is 2. The van der Waals surface area contributed by atoms with Gasteiger partial charge in [0.15, 0.2) is 11.4 Å². The third kappa shape index (κ3) is 3.19. The predicted molar refractivity (Wildman–Crippen MR) is 116 cm³/mol. The van der Waals surface area contributed by atoms with E-state index < -0.39 is 23.1 Å². The summed E-state index contributed by atoms with van der Waals surface area (Å²) in [5.41, 5.74) is 1.40. The van der Waals surface area contributed by atoms with Crippen molar-refractivity contribution in [1.29, 1.82) is 0 Å². The minimum Gasteiger partial charge on any atom is -0.357 e. The average Bonchev–Trinajstić information content (AvgIpc) is 3.35. The maximum absolute atomic E-state index is 14.8. The van der Waals surface area contributed by atoms with Crippen LogP contribution in [0.1, 0.15) is 28.8 Å². The van der Waals surface area contributed by atoms with Crippen molar-refractivity contribution in [2.75, 3.05) is 12.1 Å². The molecule has 7 heteroatoms. The molecule has 1 amide bonds. The number of benzene rings is 2. The van der Waals surface area contributed by atoms with Crippen LogP contribution in [0, 0.1) is 18.6 Å². The van der Waals surface area contributed by atoms with Gasteiger partial charge < -0.3 is 5.32 Å². The minimum atomic E-state index is -1.25. The van der Waals surface area contributed by atoms with Gasteiger partial charge in [0.2, 0.25) is 5.91 Å². The molecule has 1 aliphatic heterocycles. The van der Waals surface area contributed by atoms with Crippen molar-refractivity contribution >= 4 is 28.6 Å². The molecule has 3 aromatic rings. The molecule has 0 saturated carbocycles. The van der Waals surface area contributed by atoms with Crippen molar-refractivity contribution in [2.24, 2.45) is 5.10 Å². The lowest BCUT2D eigenvalue weighted by Crippen LogP contribution is -2.56. The van der Waals surface area contributed by atoms with Gasteiger partial charge in [-0.15, -0.1) is 11.3 Å². The highest BCUT2D eigenvalue weighted by Gasteiger charge is 2.55. The van der Waals surface area contributed by atoms with E-state index >= 15 is 0 Å². The summed E-state index contributed by atoms with van der Waals surface area (Å²) < 4.78 is 28.3. The zero-order valence-corrected chi connectivity index (χ0v) is 17.6. The maximum Gasteiger partial charge on any atom is 0.248 e. The van der Waals surface area contributed by atoms with E-state index in [1.54, 1.807) is 14.0 Å². The fraction of sp³-hybridized carbons (Fsp3) is 0.217. The predicted octanol–water partition coefficient (Wildman–Crippen LogP) is 4.85. The van der Waals surface area contributed by atoms with Crippen molar-refractivity contribution in [2.45, 2.75) is 25.3 Å². The molecule has 4 rings (SSSR count). The van der Waals surface area contributed by atoms with Gasteiger partial charge in [-0.2, -0.15) is 5.10 Å². The fourth-order valence-electron chi connectivity index (χ4n) is 3.91. The van der Waals surface area contributed by atoms with Crippen LogP contribution >= 0.6 is 11.3 Å². The van der Waals surface area contributed by atoms with Crippen LogP contribution in [0.3, 0.4) is 0 Å². The number of likely N-dealkylation sites (N-methyl/N-ethyl adjacent to an activating group) is 1. The van der Waals surface area contributed by atoms with Gasteiger partial charge >= 0.3 is 0 Å². The van der Waals surface area contributed by atoms with Gasteiger partial charge in [0.05, 0.1) is 17.3 Å². The summed E-state index contributed by atoms with van der Waals surface area (Å²) in [6.45, 7) is 3.73. The molecular formula is C23H21F2N3OS. The monoisotopic (exact) mass is 425 g/mol. The second-order valence-electron chi connectivity index (χ2n) is 7.43. The number of thiophene rings is 1. The number of aryl methyl sites for hydroxylation is 1. The molecule has 2 heterocycles. The Morgan fingerprint density at radius 2 is 1.90 bits per heavy atom. The number of carbonyl (C=O) groups is 1. The van der Waals surface area contributed by atoms with Crippen LogP contribution in [0.15, 0.2) is 65.1 Å². The van der Waals surface area contributed by atoms with Gasteiger partial charge in [-0.25, -0.2) is 13.8 Å². The number of hydrazone groups is 1. The average molecular weight is 426 g/mol. The molecule has 1 aliphatic rings. The molecule has 2 unspecified atom stereocenters. The molecule has 1 aromatic heterocycles. The summed E-state index contributed by atoms with van der Waals surface area (Å²) in [4.78, 5) is 14.2. The van der Waals surface area contributed by atoms with Gasteiger partial charge in [-0.3, -0.25) is 4.79 Å². The van der Waals surface area contributed by atoms with E-state index in [4.69, 9.17) is 5.10 Å². The zero-order chi connectivity index (χ0) is 21.5. The number of hydrogen-bond donors (Lipinski definition) is 1. The molecule has 2 atom stereocenters. The van der Waals surface area contributed by atoms with E-state index in [1.165, 1.54) is 28.5 Å². The second-order valence-corrected chi connectivity index (χ2v) is 8.41. The van der Waals surface area contributed by atoms with Gasteiger partial charge in [0, 0.05) is 18.0 Å². The summed E-state index contributed by atoms with van der Waals surface area (Å²) in [5.74, 6) is -2.21. The summed E-state index contributed by atoms with van der Waals surface area (Å²) in [6, 6.07) is 15.0. The molecule has 0 spiro atoms. The molecule has 0 fully saturated rings. The van der Waals surface area contributed by atoms with Crippen LogP contribution in [-0.4, -0.2) is 24.2 Å². The Bertz CT molecular complexity index is 1110. The summed E-state index contributed by atoms with van der Waals surface area (Å²) in [7, 11) is 1.54. The highest BCUT2D eigenvalue weighted by atomic mass is 32.1. The lowest BCUT2D eigenvalue weighted by Gasteiger charge is -2.37. The van der Waals surface area contributed by atoms with Crippen LogP contribution in [0.5, 0.6) is 0 Å². The number of carbonyl (C=O) groups excluding carboxylic acids is 1. The first-order valence-electron chi connectivity index (χ1n) is 9.52. The van der Waals surface area contributed by atoms with E-state index in [2.05, 4.69) is 5.32 Å². The normalized spacial score (nSPS) is 20.9. The summed E-state index contributed by atoms with van der Waals surface area (Å²) >= 11 is 1.51. The van der Waals surface area contributed by atoms with E-state index in [0.29, 0.717) is 5.71 Å². The van der Waals surface area contributed by atoms with Crippen molar-refractivity contribution < 1.29 is 13.6 Å². The van der Waals surface area contributed by atoms with Gasteiger partial charge in [-0.05, 0) is 43.0 Å². The molecule has 30 heavy (non-hydrogen) atoms. The Hall–Kier alpha value is -3.06. The molecule has 0 radical (unpaired) electrons. The topological polar surface area (TPSA) is 44.7 Å². The second kappa shape index (κ2) is 7.65. The van der Waals surface area contributed by atoms with E-state index in [-0.39, 0.29) is 11.6 Å². The van der Waals surface area contributed by atoms with Crippen LogP contribution in [0.4, 0.5) is 14.5 Å². The van der Waals surface area contributed by atoms with Gasteiger partial charge in [0.25, 0.3) is 0 Å². The molecule has 0 saturated heterocycles. The van der Waals surface area contributed by atoms with Gasteiger partial charge in [-0.1, -0.05) is 35.9 Å². The van der Waals surface area contributed by atoms with Crippen LogP contribution in [-0.2, 0) is 4.79 Å². The lowest BCUT2D eigenvalue weighted by atomic mass is 9.78. The van der Waals surface area contributed by atoms with Crippen LogP contribution < -0.4 is 10.3 Å². The molecule has 1 N–H and O–H groups in total. The van der Waals surface area contributed by atoms with Gasteiger partial charge in [0.1, 0.15) is 5.82 Å². The molecule has 0 bridgehead atoms. The van der Waals surface area contributed by atoms with Crippen LogP contribution in [0.2, 0.25) is 0 Å². The quantitative estimate of drug-likeness (QED) is 0.650. The number of halogens is 2. The maximum atomic E-state index is 14.8. The lowest BCUT2D eigenvalue weighted by molar-refractivity contribution is -0.125. The number of amides is 1. The van der Waals surface area contributed by atoms with E-state index in [1.807, 2.05) is 48.7 Å². The Morgan fingerprint density at radius 1 is 1.17 bits per heavy atom. The first-order valence-corrected chi connectivity index (χ1v) is 10.4. The number of nitrogens with one attached hydrogen (secondary N) is 1. The Kier molecular flexibility index (Phi) is 5.15. The Morgan fingerprint density at radius 3 is 2.50 bits per heavy atom. The highest BCUT2D eigenvalue weighted by molar-refractivity contribution is 7.10. The van der Waals surface area contributed by atoms with E-state index in [0.717, 1.165) is 22.1 Å². The Labute approximate surface area is 177 Å². The Balaban J connectivity index is 1.97. The first-order chi connectivity index (χ1) is 14.4. The molecule has 4 nitrogen and oxygen atoms in total. The summed E-state index contributed by atoms with van der Waals surface area (Å²) in [5, 5.41) is 10.8. The SMILES string of the molecule is CNC(=O)C1(C)C(c2cccs2)C(c2ccc(C)cc2)=NN1c1ccc(F)cc1F. The zero-order valence-electron chi connectivity index (χ0n) is 16.8. The van der Waals surface area contributed by atoms with Crippen molar-refractivity contribution in [1.82, 2.24) is 5.32 Å². The minimum absolute atomic E-state index is 0.0474. The highest BCUT2D eigenvalue weighted by Crippen LogP contribution is 2.46. The number of rotatable bonds is 4. The van der Waals surface area contributed by atoms with E-state index in [9.17, 15) is 13.6 Å². The first kappa shape index (κ1) is 20.2. The molecular weight excluding hydrogens is 404 g/mol. The molecule has 2 aromatic carbocycles. The third-order valence-electron chi connectivity index (χ3n) is 5.48. The largest absolute Gasteiger partial charge is 0.357 e. The fourth-order valence-corrected chi connectivity index (χ4v) is 4.86. The molecule has 0 aliphatic carbocycles. The standard InChI is InChI=1S/C23H21F2N3OS/c1-14-6-8-15(9-7-14)21-20(19-5-4-12-30-19)23(2,22(29)26-3)28(27-21)18-11-10-16(24)13-17(18)25/h4-13,20H,1-3H3,(H,26,29). The number of anilines is 1. The van der Waals surface area contributed by atoms with Crippen molar-refractivity contribution in [3.63, 3.8) is 0 Å². The van der Waals surface area contributed by atoms with Crippen molar-refractivity contribution in [3.05, 3.63) is 87.6 Å². The molecule has 154 valence electrons.